The Hall–Kier alpha value is -2.98. The summed E-state index contributed by atoms with van der Waals surface area (Å²) in [7, 11) is -3.79. The fourth-order valence-corrected chi connectivity index (χ4v) is 5.50. The molecule has 1 N–H and O–H groups in total. The topological polar surface area (TPSA) is 87.6 Å². The maximum absolute atomic E-state index is 13.1. The standard InChI is InChI=1S/C23H21F3N2O4S/c24-23(25,26)16-7-5-15(6-8-16)21-14-19(22(29)30)18-13-17(9-10-20(18)27-21)33(31,32)28-11-3-1-2-4-12-28/h5-10,13-14H,1-4,11-12H2,(H,29,30). The number of fused-ring (bicyclic) bond motifs is 1. The number of benzene rings is 2. The van der Waals surface area contributed by atoms with Crippen molar-refractivity contribution in [2.75, 3.05) is 13.1 Å². The van der Waals surface area contributed by atoms with Gasteiger partial charge in [-0.25, -0.2) is 18.2 Å². The Balaban J connectivity index is 1.78. The number of alkyl halides is 3. The summed E-state index contributed by atoms with van der Waals surface area (Å²) in [5, 5.41) is 9.90. The van der Waals surface area contributed by atoms with Crippen LogP contribution in [0, 0.1) is 0 Å². The Morgan fingerprint density at radius 1 is 0.939 bits per heavy atom. The summed E-state index contributed by atoms with van der Waals surface area (Å²) in [5.41, 5.74) is -0.276. The molecular formula is C23H21F3N2O4S. The highest BCUT2D eigenvalue weighted by Crippen LogP contribution is 2.32. The molecule has 6 nitrogen and oxygen atoms in total. The number of sulfonamides is 1. The third kappa shape index (κ3) is 4.72. The van der Waals surface area contributed by atoms with Crippen LogP contribution in [-0.2, 0) is 16.2 Å². The van der Waals surface area contributed by atoms with E-state index in [0.717, 1.165) is 37.8 Å². The Morgan fingerprint density at radius 3 is 2.15 bits per heavy atom. The van der Waals surface area contributed by atoms with Crippen molar-refractivity contribution in [2.45, 2.75) is 36.8 Å². The number of pyridine rings is 1. The van der Waals surface area contributed by atoms with Crippen LogP contribution in [0.4, 0.5) is 13.2 Å². The highest BCUT2D eigenvalue weighted by atomic mass is 32.2. The van der Waals surface area contributed by atoms with Crippen molar-refractivity contribution in [1.29, 1.82) is 0 Å². The van der Waals surface area contributed by atoms with Gasteiger partial charge >= 0.3 is 12.1 Å². The molecule has 174 valence electrons. The van der Waals surface area contributed by atoms with E-state index in [2.05, 4.69) is 4.98 Å². The number of rotatable bonds is 4. The Kier molecular flexibility index (Phi) is 6.15. The van der Waals surface area contributed by atoms with E-state index in [1.54, 1.807) is 0 Å². The second-order valence-electron chi connectivity index (χ2n) is 7.93. The van der Waals surface area contributed by atoms with E-state index in [1.807, 2.05) is 0 Å². The van der Waals surface area contributed by atoms with Gasteiger partial charge in [-0.15, -0.1) is 0 Å². The van der Waals surface area contributed by atoms with Gasteiger partial charge in [-0.2, -0.15) is 17.5 Å². The van der Waals surface area contributed by atoms with Gasteiger partial charge in [-0.1, -0.05) is 25.0 Å². The average molecular weight is 478 g/mol. The van der Waals surface area contributed by atoms with Gasteiger partial charge in [0.1, 0.15) is 0 Å². The number of nitrogens with zero attached hydrogens (tertiary/aromatic N) is 2. The fraction of sp³-hybridized carbons (Fsp3) is 0.304. The quantitative estimate of drug-likeness (QED) is 0.558. The Morgan fingerprint density at radius 2 is 1.58 bits per heavy atom. The molecule has 0 radical (unpaired) electrons. The highest BCUT2D eigenvalue weighted by Gasteiger charge is 2.30. The molecule has 10 heteroatoms. The van der Waals surface area contributed by atoms with Crippen LogP contribution in [0.5, 0.6) is 0 Å². The molecule has 1 aromatic heterocycles. The third-order valence-electron chi connectivity index (χ3n) is 5.72. The Bertz CT molecular complexity index is 1300. The predicted octanol–water partition coefficient (Wildman–Crippen LogP) is 5.18. The van der Waals surface area contributed by atoms with Crippen molar-refractivity contribution < 1.29 is 31.5 Å². The van der Waals surface area contributed by atoms with E-state index >= 15 is 0 Å². The van der Waals surface area contributed by atoms with Crippen molar-refractivity contribution in [2.24, 2.45) is 0 Å². The number of halogens is 3. The number of aromatic nitrogens is 1. The van der Waals surface area contributed by atoms with Gasteiger partial charge in [0, 0.05) is 24.0 Å². The van der Waals surface area contributed by atoms with Gasteiger partial charge in [-0.05, 0) is 49.2 Å². The van der Waals surface area contributed by atoms with Crippen molar-refractivity contribution in [3.63, 3.8) is 0 Å². The monoisotopic (exact) mass is 478 g/mol. The molecule has 1 saturated heterocycles. The van der Waals surface area contributed by atoms with Crippen LogP contribution < -0.4 is 0 Å². The molecule has 0 spiro atoms. The predicted molar refractivity (Wildman–Crippen MR) is 116 cm³/mol. The molecule has 0 amide bonds. The number of hydrogen-bond acceptors (Lipinski definition) is 4. The minimum Gasteiger partial charge on any atom is -0.478 e. The van der Waals surface area contributed by atoms with Crippen LogP contribution >= 0.6 is 0 Å². The minimum absolute atomic E-state index is 0.0107. The van der Waals surface area contributed by atoms with Gasteiger partial charge in [0.05, 0.1) is 27.2 Å². The van der Waals surface area contributed by atoms with E-state index in [0.29, 0.717) is 18.7 Å². The number of carboxylic acid groups (broad SMARTS) is 1. The van der Waals surface area contributed by atoms with Gasteiger partial charge in [-0.3, -0.25) is 0 Å². The third-order valence-corrected chi connectivity index (χ3v) is 7.62. The lowest BCUT2D eigenvalue weighted by Crippen LogP contribution is -2.31. The molecule has 2 heterocycles. The minimum atomic E-state index is -4.49. The number of aromatic carboxylic acids is 1. The lowest BCUT2D eigenvalue weighted by atomic mass is 10.0. The average Bonchev–Trinajstić information content (AvgIpc) is 3.07. The maximum Gasteiger partial charge on any atom is 0.416 e. The van der Waals surface area contributed by atoms with Crippen LogP contribution in [0.2, 0.25) is 0 Å². The van der Waals surface area contributed by atoms with Crippen LogP contribution in [0.3, 0.4) is 0 Å². The summed E-state index contributed by atoms with van der Waals surface area (Å²) >= 11 is 0. The smallest absolute Gasteiger partial charge is 0.416 e. The summed E-state index contributed by atoms with van der Waals surface area (Å²) < 4.78 is 66.2. The fourth-order valence-electron chi connectivity index (χ4n) is 3.95. The summed E-state index contributed by atoms with van der Waals surface area (Å²) in [6.45, 7) is 0.828. The van der Waals surface area contributed by atoms with E-state index in [1.165, 1.54) is 40.7 Å². The summed E-state index contributed by atoms with van der Waals surface area (Å²) in [6, 6.07) is 9.62. The van der Waals surface area contributed by atoms with Gasteiger partial charge in [0.15, 0.2) is 0 Å². The normalized spacial score (nSPS) is 16.0. The van der Waals surface area contributed by atoms with Crippen molar-refractivity contribution in [3.05, 3.63) is 59.7 Å². The maximum atomic E-state index is 13.1. The second kappa shape index (κ2) is 8.75. The summed E-state index contributed by atoms with van der Waals surface area (Å²) in [4.78, 5) is 16.3. The van der Waals surface area contributed by atoms with Gasteiger partial charge in [0.2, 0.25) is 10.0 Å². The van der Waals surface area contributed by atoms with E-state index in [9.17, 15) is 31.5 Å². The van der Waals surface area contributed by atoms with Crippen molar-refractivity contribution in [1.82, 2.24) is 9.29 Å². The van der Waals surface area contributed by atoms with Crippen molar-refractivity contribution >= 4 is 26.9 Å². The molecule has 0 aliphatic carbocycles. The van der Waals surface area contributed by atoms with Crippen molar-refractivity contribution in [3.8, 4) is 11.3 Å². The first-order valence-electron chi connectivity index (χ1n) is 10.4. The molecule has 1 aliphatic rings. The summed E-state index contributed by atoms with van der Waals surface area (Å²) in [6.07, 6.45) is -1.03. The number of carbonyl (C=O) groups is 1. The van der Waals surface area contributed by atoms with Crippen LogP contribution in [0.25, 0.3) is 22.2 Å². The first-order valence-corrected chi connectivity index (χ1v) is 11.9. The highest BCUT2D eigenvalue weighted by molar-refractivity contribution is 7.89. The number of carboxylic acids is 1. The molecule has 0 saturated carbocycles. The number of hydrogen-bond donors (Lipinski definition) is 1. The Labute approximate surface area is 188 Å². The molecule has 0 atom stereocenters. The first-order chi connectivity index (χ1) is 15.6. The molecule has 4 rings (SSSR count). The van der Waals surface area contributed by atoms with Gasteiger partial charge in [0.25, 0.3) is 0 Å². The lowest BCUT2D eigenvalue weighted by molar-refractivity contribution is -0.137. The molecular weight excluding hydrogens is 457 g/mol. The SMILES string of the molecule is O=C(O)c1cc(-c2ccc(C(F)(F)F)cc2)nc2ccc(S(=O)(=O)N3CCCCCC3)cc12. The molecule has 1 fully saturated rings. The molecule has 0 bridgehead atoms. The molecule has 3 aromatic rings. The molecule has 0 unspecified atom stereocenters. The second-order valence-corrected chi connectivity index (χ2v) is 9.87. The lowest BCUT2D eigenvalue weighted by Gasteiger charge is -2.20. The van der Waals surface area contributed by atoms with E-state index in [-0.39, 0.29) is 27.1 Å². The largest absolute Gasteiger partial charge is 0.478 e. The zero-order chi connectivity index (χ0) is 23.8. The zero-order valence-corrected chi connectivity index (χ0v) is 18.3. The summed E-state index contributed by atoms with van der Waals surface area (Å²) in [5.74, 6) is -1.29. The van der Waals surface area contributed by atoms with E-state index in [4.69, 9.17) is 0 Å². The molecule has 33 heavy (non-hydrogen) atoms. The van der Waals surface area contributed by atoms with Crippen LogP contribution in [0.15, 0.2) is 53.4 Å². The van der Waals surface area contributed by atoms with Crippen LogP contribution in [-0.4, -0.2) is 41.9 Å². The zero-order valence-electron chi connectivity index (χ0n) is 17.5. The van der Waals surface area contributed by atoms with Gasteiger partial charge < -0.3 is 5.11 Å². The molecule has 1 aliphatic heterocycles. The van der Waals surface area contributed by atoms with E-state index < -0.39 is 27.7 Å². The van der Waals surface area contributed by atoms with Crippen LogP contribution in [0.1, 0.15) is 41.6 Å². The first kappa shape index (κ1) is 23.2. The molecule has 2 aromatic carbocycles.